The minimum absolute atomic E-state index is 0.174. The van der Waals surface area contributed by atoms with Gasteiger partial charge in [-0.05, 0) is 37.1 Å². The van der Waals surface area contributed by atoms with Gasteiger partial charge in [-0.3, -0.25) is 9.52 Å². The van der Waals surface area contributed by atoms with Crippen molar-refractivity contribution >= 4 is 21.6 Å². The lowest BCUT2D eigenvalue weighted by atomic mass is 10.1. The molecule has 2 aromatic rings. The van der Waals surface area contributed by atoms with Crippen molar-refractivity contribution in [2.75, 3.05) is 24.7 Å². The highest BCUT2D eigenvalue weighted by Crippen LogP contribution is 2.28. The van der Waals surface area contributed by atoms with Gasteiger partial charge < -0.3 is 14.8 Å². The van der Waals surface area contributed by atoms with Gasteiger partial charge in [-0.2, -0.15) is 5.26 Å². The van der Waals surface area contributed by atoms with Crippen LogP contribution in [0.1, 0.15) is 36.9 Å². The molecule has 0 aliphatic carbocycles. The fraction of sp³-hybridized carbons (Fsp3) is 0.333. The molecule has 0 heterocycles. The van der Waals surface area contributed by atoms with E-state index < -0.39 is 10.0 Å². The van der Waals surface area contributed by atoms with Crippen LogP contribution in [0.5, 0.6) is 11.5 Å². The lowest BCUT2D eigenvalue weighted by Crippen LogP contribution is -2.27. The van der Waals surface area contributed by atoms with Gasteiger partial charge in [-0.15, -0.1) is 0 Å². The van der Waals surface area contributed by atoms with E-state index in [0.717, 1.165) is 6.26 Å². The number of nitrogens with zero attached hydrogens (tertiary/aromatic N) is 1. The zero-order valence-corrected chi connectivity index (χ0v) is 18.0. The van der Waals surface area contributed by atoms with Crippen molar-refractivity contribution < 1.29 is 22.7 Å². The highest BCUT2D eigenvalue weighted by molar-refractivity contribution is 7.92. The number of carbonyl (C=O) groups excluding carboxylic acids is 1. The van der Waals surface area contributed by atoms with E-state index in [1.165, 1.54) is 7.11 Å². The molecule has 1 atom stereocenters. The number of nitrogens with one attached hydrogen (secondary N) is 2. The number of methoxy groups -OCH3 is 1. The average molecular weight is 432 g/mol. The van der Waals surface area contributed by atoms with E-state index in [4.69, 9.17) is 14.7 Å². The monoisotopic (exact) mass is 431 g/mol. The van der Waals surface area contributed by atoms with E-state index in [0.29, 0.717) is 41.3 Å². The number of amides is 1. The molecule has 0 radical (unpaired) electrons. The van der Waals surface area contributed by atoms with Gasteiger partial charge in [-0.1, -0.05) is 18.2 Å². The molecule has 8 nitrogen and oxygen atoms in total. The molecule has 0 aromatic heterocycles. The number of anilines is 1. The number of hydrogen-bond acceptors (Lipinski definition) is 6. The van der Waals surface area contributed by atoms with Crippen molar-refractivity contribution in [1.82, 2.24) is 5.32 Å². The van der Waals surface area contributed by atoms with Crippen LogP contribution in [-0.4, -0.2) is 34.3 Å². The molecule has 160 valence electrons. The molecular formula is C21H25N3O5S. The molecule has 2 aromatic carbocycles. The third kappa shape index (κ3) is 6.97. The summed E-state index contributed by atoms with van der Waals surface area (Å²) in [5.74, 6) is 0.792. The van der Waals surface area contributed by atoms with Crippen LogP contribution in [0.15, 0.2) is 42.5 Å². The number of ether oxygens (including phenoxy) is 2. The lowest BCUT2D eigenvalue weighted by Gasteiger charge is -2.18. The van der Waals surface area contributed by atoms with Crippen LogP contribution >= 0.6 is 0 Å². The molecule has 30 heavy (non-hydrogen) atoms. The van der Waals surface area contributed by atoms with Crippen molar-refractivity contribution in [2.24, 2.45) is 0 Å². The van der Waals surface area contributed by atoms with E-state index in [2.05, 4.69) is 10.0 Å². The number of carbonyl (C=O) groups is 1. The summed E-state index contributed by atoms with van der Waals surface area (Å²) in [6, 6.07) is 13.5. The Morgan fingerprint density at radius 1 is 1.20 bits per heavy atom. The fourth-order valence-electron chi connectivity index (χ4n) is 2.83. The molecule has 2 N–H and O–H groups in total. The second-order valence-corrected chi connectivity index (χ2v) is 8.43. The number of hydrogen-bond donors (Lipinski definition) is 2. The van der Waals surface area contributed by atoms with Gasteiger partial charge >= 0.3 is 0 Å². The van der Waals surface area contributed by atoms with Crippen LogP contribution in [0.25, 0.3) is 0 Å². The molecule has 1 amide bonds. The Morgan fingerprint density at radius 3 is 2.60 bits per heavy atom. The molecule has 0 spiro atoms. The average Bonchev–Trinajstić information content (AvgIpc) is 2.70. The van der Waals surface area contributed by atoms with Crippen LogP contribution in [0.2, 0.25) is 0 Å². The van der Waals surface area contributed by atoms with Gasteiger partial charge in [0.2, 0.25) is 15.9 Å². The zero-order valence-electron chi connectivity index (χ0n) is 17.1. The summed E-state index contributed by atoms with van der Waals surface area (Å²) >= 11 is 0. The van der Waals surface area contributed by atoms with Crippen LogP contribution in [0, 0.1) is 11.3 Å². The molecule has 9 heteroatoms. The van der Waals surface area contributed by atoms with Crippen molar-refractivity contribution in [1.29, 1.82) is 5.26 Å². The molecule has 0 fully saturated rings. The summed E-state index contributed by atoms with van der Waals surface area (Å²) in [4.78, 5) is 12.3. The Kier molecular flexibility index (Phi) is 8.07. The maximum atomic E-state index is 12.3. The topological polar surface area (TPSA) is 118 Å². The van der Waals surface area contributed by atoms with Gasteiger partial charge in [0.1, 0.15) is 0 Å². The SMILES string of the molecule is COc1cc(C#N)ccc1OCCCC(=O)NC(C)c1ccccc1NS(C)(=O)=O. The standard InChI is InChI=1S/C21H25N3O5S/c1-15(17-7-4-5-8-18(17)24-30(3,26)27)23-21(25)9-6-12-29-19-11-10-16(14-22)13-20(19)28-2/h4-5,7-8,10-11,13,15,24H,6,9,12H2,1-3H3,(H,23,25). The summed E-state index contributed by atoms with van der Waals surface area (Å²) in [5, 5.41) is 11.8. The smallest absolute Gasteiger partial charge is 0.229 e. The van der Waals surface area contributed by atoms with Crippen LogP contribution in [0.3, 0.4) is 0 Å². The molecule has 0 aliphatic heterocycles. The van der Waals surface area contributed by atoms with E-state index in [1.807, 2.05) is 6.07 Å². The second-order valence-electron chi connectivity index (χ2n) is 6.68. The van der Waals surface area contributed by atoms with Gasteiger partial charge in [0, 0.05) is 12.5 Å². The Bertz CT molecular complexity index is 1030. The largest absolute Gasteiger partial charge is 0.493 e. The Hall–Kier alpha value is -3.25. The summed E-state index contributed by atoms with van der Waals surface area (Å²) in [6.45, 7) is 2.09. The Morgan fingerprint density at radius 2 is 1.93 bits per heavy atom. The van der Waals surface area contributed by atoms with E-state index >= 15 is 0 Å². The molecule has 0 saturated heterocycles. The number of sulfonamides is 1. The number of benzene rings is 2. The summed E-state index contributed by atoms with van der Waals surface area (Å²) < 4.78 is 36.4. The quantitative estimate of drug-likeness (QED) is 0.559. The van der Waals surface area contributed by atoms with Gasteiger partial charge in [0.05, 0.1) is 43.3 Å². The van der Waals surface area contributed by atoms with E-state index in [9.17, 15) is 13.2 Å². The van der Waals surface area contributed by atoms with Crippen LogP contribution < -0.4 is 19.5 Å². The second kappa shape index (κ2) is 10.5. The van der Waals surface area contributed by atoms with Crippen molar-refractivity contribution in [3.63, 3.8) is 0 Å². The Balaban J connectivity index is 1.87. The lowest BCUT2D eigenvalue weighted by molar-refractivity contribution is -0.121. The minimum atomic E-state index is -3.42. The molecule has 0 saturated carbocycles. The Labute approximate surface area is 176 Å². The molecule has 0 aliphatic rings. The number of rotatable bonds is 10. The maximum absolute atomic E-state index is 12.3. The summed E-state index contributed by atoms with van der Waals surface area (Å²) in [7, 11) is -1.93. The highest BCUT2D eigenvalue weighted by Gasteiger charge is 2.15. The molecular weight excluding hydrogens is 406 g/mol. The highest BCUT2D eigenvalue weighted by atomic mass is 32.2. The molecule has 0 bridgehead atoms. The van der Waals surface area contributed by atoms with E-state index in [1.54, 1.807) is 49.4 Å². The maximum Gasteiger partial charge on any atom is 0.229 e. The normalized spacial score (nSPS) is 11.8. The zero-order chi connectivity index (χ0) is 22.1. The number of nitriles is 1. The van der Waals surface area contributed by atoms with Gasteiger partial charge in [-0.25, -0.2) is 8.42 Å². The molecule has 2 rings (SSSR count). The third-order valence-electron chi connectivity index (χ3n) is 4.20. The van der Waals surface area contributed by atoms with Gasteiger partial charge in [0.15, 0.2) is 11.5 Å². The summed E-state index contributed by atoms with van der Waals surface area (Å²) in [6.07, 6.45) is 1.80. The van der Waals surface area contributed by atoms with Crippen LogP contribution in [-0.2, 0) is 14.8 Å². The van der Waals surface area contributed by atoms with Crippen molar-refractivity contribution in [3.05, 3.63) is 53.6 Å². The number of para-hydroxylation sites is 1. The predicted molar refractivity (Wildman–Crippen MR) is 114 cm³/mol. The van der Waals surface area contributed by atoms with Gasteiger partial charge in [0.25, 0.3) is 0 Å². The van der Waals surface area contributed by atoms with Crippen LogP contribution in [0.4, 0.5) is 5.69 Å². The first-order chi connectivity index (χ1) is 14.2. The first-order valence-corrected chi connectivity index (χ1v) is 11.2. The third-order valence-corrected chi connectivity index (χ3v) is 4.79. The predicted octanol–water partition coefficient (Wildman–Crippen LogP) is 2.97. The summed E-state index contributed by atoms with van der Waals surface area (Å²) in [5.41, 5.74) is 1.58. The first kappa shape index (κ1) is 23.0. The fourth-order valence-corrected chi connectivity index (χ4v) is 3.42. The van der Waals surface area contributed by atoms with E-state index in [-0.39, 0.29) is 18.4 Å². The van der Waals surface area contributed by atoms with Crippen molar-refractivity contribution in [3.8, 4) is 17.6 Å². The first-order valence-electron chi connectivity index (χ1n) is 9.30. The minimum Gasteiger partial charge on any atom is -0.493 e. The molecule has 1 unspecified atom stereocenters. The van der Waals surface area contributed by atoms with Crippen molar-refractivity contribution in [2.45, 2.75) is 25.8 Å².